The molecule has 182 valence electrons. The van der Waals surface area contributed by atoms with Crippen molar-refractivity contribution in [1.82, 2.24) is 14.9 Å². The van der Waals surface area contributed by atoms with E-state index < -0.39 is 12.2 Å². The van der Waals surface area contributed by atoms with E-state index in [4.69, 9.17) is 9.47 Å². The lowest BCUT2D eigenvalue weighted by Crippen LogP contribution is -2.40. The molecule has 0 aliphatic carbocycles. The second kappa shape index (κ2) is 10.2. The molecule has 1 unspecified atom stereocenters. The average Bonchev–Trinajstić information content (AvgIpc) is 3.29. The molecule has 2 aliphatic heterocycles. The number of hydrogen-bond donors (Lipinski definition) is 2. The van der Waals surface area contributed by atoms with Crippen LogP contribution in [-0.4, -0.2) is 78.6 Å². The van der Waals surface area contributed by atoms with Crippen LogP contribution < -0.4 is 19.7 Å². The molecule has 0 amide bonds. The fraction of sp³-hybridized carbons (Fsp3) is 0.652. The van der Waals surface area contributed by atoms with Gasteiger partial charge in [-0.2, -0.15) is 4.98 Å². The predicted octanol–water partition coefficient (Wildman–Crippen LogP) is 3.49. The lowest BCUT2D eigenvalue weighted by Gasteiger charge is -2.32. The van der Waals surface area contributed by atoms with Crippen molar-refractivity contribution in [3.63, 3.8) is 0 Å². The molecule has 1 aromatic carbocycles. The number of aliphatic hydroxyl groups excluding tert-OH is 1. The highest BCUT2D eigenvalue weighted by Crippen LogP contribution is 2.36. The van der Waals surface area contributed by atoms with E-state index in [2.05, 4.69) is 20.2 Å². The topological polar surface area (TPSA) is 83.0 Å². The molecule has 2 N–H and O–H groups in total. The maximum atomic E-state index is 13.6. The van der Waals surface area contributed by atoms with Crippen LogP contribution in [0.25, 0.3) is 10.9 Å². The first kappa shape index (κ1) is 23.7. The van der Waals surface area contributed by atoms with Crippen molar-refractivity contribution in [2.45, 2.75) is 51.2 Å². The lowest BCUT2D eigenvalue weighted by molar-refractivity contribution is -0.0222. The van der Waals surface area contributed by atoms with Crippen LogP contribution in [0.5, 0.6) is 11.5 Å². The highest BCUT2D eigenvalue weighted by Gasteiger charge is 2.35. The number of ether oxygens (including phenoxy) is 2. The summed E-state index contributed by atoms with van der Waals surface area (Å²) in [5, 5.41) is 13.5. The Hall–Kier alpha value is -2.46. The van der Waals surface area contributed by atoms with Crippen molar-refractivity contribution in [2.24, 2.45) is 0 Å². The van der Waals surface area contributed by atoms with Gasteiger partial charge >= 0.3 is 0 Å². The molecule has 10 heteroatoms. The SMILES string of the molecule is COc1cc2c(NC(C)O)nc(N3CCC(F)(F)CC3)nc2cc1OCCCN1CCCC1. The van der Waals surface area contributed by atoms with Gasteiger partial charge in [-0.05, 0) is 45.3 Å². The number of anilines is 2. The summed E-state index contributed by atoms with van der Waals surface area (Å²) in [6.07, 6.45) is 2.11. The minimum Gasteiger partial charge on any atom is -0.493 e. The number of fused-ring (bicyclic) bond motifs is 1. The van der Waals surface area contributed by atoms with Crippen LogP contribution >= 0.6 is 0 Å². The first-order valence-electron chi connectivity index (χ1n) is 11.7. The van der Waals surface area contributed by atoms with Gasteiger partial charge in [-0.3, -0.25) is 0 Å². The van der Waals surface area contributed by atoms with Crippen molar-refractivity contribution in [3.05, 3.63) is 12.1 Å². The minimum atomic E-state index is -2.66. The number of hydrogen-bond acceptors (Lipinski definition) is 8. The average molecular weight is 466 g/mol. The van der Waals surface area contributed by atoms with Crippen molar-refractivity contribution in [2.75, 3.05) is 56.7 Å². The molecule has 2 saturated heterocycles. The van der Waals surface area contributed by atoms with Crippen molar-refractivity contribution in [1.29, 1.82) is 0 Å². The Bertz CT molecular complexity index is 943. The highest BCUT2D eigenvalue weighted by molar-refractivity contribution is 5.92. The number of halogens is 2. The molecule has 3 heterocycles. The van der Waals surface area contributed by atoms with E-state index in [1.165, 1.54) is 12.8 Å². The van der Waals surface area contributed by atoms with Crippen molar-refractivity contribution >= 4 is 22.7 Å². The van der Waals surface area contributed by atoms with E-state index in [-0.39, 0.29) is 25.9 Å². The van der Waals surface area contributed by atoms with Gasteiger partial charge in [0, 0.05) is 43.9 Å². The minimum absolute atomic E-state index is 0.169. The number of aromatic nitrogens is 2. The van der Waals surface area contributed by atoms with E-state index in [0.29, 0.717) is 40.8 Å². The first-order chi connectivity index (χ1) is 15.8. The van der Waals surface area contributed by atoms with Gasteiger partial charge in [-0.15, -0.1) is 0 Å². The summed E-state index contributed by atoms with van der Waals surface area (Å²) >= 11 is 0. The second-order valence-electron chi connectivity index (χ2n) is 8.81. The quantitative estimate of drug-likeness (QED) is 0.430. The number of nitrogens with one attached hydrogen (secondary N) is 1. The Balaban J connectivity index is 1.58. The zero-order chi connectivity index (χ0) is 23.4. The summed E-state index contributed by atoms with van der Waals surface area (Å²) < 4.78 is 38.8. The van der Waals surface area contributed by atoms with Crippen LogP contribution in [-0.2, 0) is 0 Å². The van der Waals surface area contributed by atoms with Crippen LogP contribution in [0.1, 0.15) is 39.0 Å². The molecule has 2 aromatic rings. The molecular formula is C23H33F2N5O3. The molecule has 4 rings (SSSR count). The summed E-state index contributed by atoms with van der Waals surface area (Å²) in [4.78, 5) is 13.4. The number of methoxy groups -OCH3 is 1. The van der Waals surface area contributed by atoms with Gasteiger partial charge < -0.3 is 29.7 Å². The number of rotatable bonds is 9. The summed E-state index contributed by atoms with van der Waals surface area (Å²) in [5.41, 5.74) is 0.593. The number of alkyl halides is 2. The Morgan fingerprint density at radius 2 is 1.85 bits per heavy atom. The third-order valence-electron chi connectivity index (χ3n) is 6.17. The molecule has 8 nitrogen and oxygen atoms in total. The molecular weight excluding hydrogens is 432 g/mol. The van der Waals surface area contributed by atoms with E-state index in [1.807, 2.05) is 0 Å². The van der Waals surface area contributed by atoms with E-state index in [0.717, 1.165) is 26.1 Å². The smallest absolute Gasteiger partial charge is 0.251 e. The zero-order valence-corrected chi connectivity index (χ0v) is 19.3. The molecule has 2 aliphatic rings. The van der Waals surface area contributed by atoms with Crippen LogP contribution in [0, 0.1) is 0 Å². The summed E-state index contributed by atoms with van der Waals surface area (Å²) in [6, 6.07) is 3.57. The van der Waals surface area contributed by atoms with E-state index >= 15 is 0 Å². The van der Waals surface area contributed by atoms with Gasteiger partial charge in [0.1, 0.15) is 12.0 Å². The van der Waals surface area contributed by atoms with Gasteiger partial charge in [0.15, 0.2) is 11.5 Å². The summed E-state index contributed by atoms with van der Waals surface area (Å²) in [6.45, 7) is 5.79. The molecule has 0 radical (unpaired) electrons. The largest absolute Gasteiger partial charge is 0.493 e. The maximum absolute atomic E-state index is 13.6. The fourth-order valence-corrected chi connectivity index (χ4v) is 4.36. The highest BCUT2D eigenvalue weighted by atomic mass is 19.3. The Labute approximate surface area is 192 Å². The number of likely N-dealkylation sites (tertiary alicyclic amines) is 1. The monoisotopic (exact) mass is 465 g/mol. The summed E-state index contributed by atoms with van der Waals surface area (Å²) in [7, 11) is 1.57. The third-order valence-corrected chi connectivity index (χ3v) is 6.17. The maximum Gasteiger partial charge on any atom is 0.251 e. The van der Waals surface area contributed by atoms with Gasteiger partial charge in [-0.1, -0.05) is 0 Å². The third kappa shape index (κ3) is 5.92. The number of aliphatic hydroxyl groups is 1. The van der Waals surface area contributed by atoms with Crippen LogP contribution in [0.15, 0.2) is 12.1 Å². The second-order valence-corrected chi connectivity index (χ2v) is 8.81. The van der Waals surface area contributed by atoms with Gasteiger partial charge in [0.25, 0.3) is 5.92 Å². The normalized spacial score (nSPS) is 19.6. The van der Waals surface area contributed by atoms with E-state index in [9.17, 15) is 13.9 Å². The van der Waals surface area contributed by atoms with Gasteiger partial charge in [0.2, 0.25) is 5.95 Å². The van der Waals surface area contributed by atoms with Gasteiger partial charge in [-0.25, -0.2) is 13.8 Å². The fourth-order valence-electron chi connectivity index (χ4n) is 4.36. The molecule has 0 bridgehead atoms. The first-order valence-corrected chi connectivity index (χ1v) is 11.7. The number of nitrogens with zero attached hydrogens (tertiary/aromatic N) is 4. The predicted molar refractivity (Wildman–Crippen MR) is 124 cm³/mol. The lowest BCUT2D eigenvalue weighted by atomic mass is 10.1. The van der Waals surface area contributed by atoms with Crippen LogP contribution in [0.2, 0.25) is 0 Å². The standard InChI is InChI=1S/C23H33F2N5O3/c1-16(31)26-21-17-14-19(32-2)20(33-13-5-10-29-8-3-4-9-29)15-18(17)27-22(28-21)30-11-6-23(24,25)7-12-30/h14-16,31H,3-13H2,1-2H3,(H,26,27,28). The summed E-state index contributed by atoms with van der Waals surface area (Å²) in [5.74, 6) is -0.764. The van der Waals surface area contributed by atoms with Crippen LogP contribution in [0.3, 0.4) is 0 Å². The van der Waals surface area contributed by atoms with Crippen LogP contribution in [0.4, 0.5) is 20.5 Å². The Morgan fingerprint density at radius 1 is 1.12 bits per heavy atom. The molecule has 0 saturated carbocycles. The number of piperidine rings is 1. The van der Waals surface area contributed by atoms with E-state index in [1.54, 1.807) is 31.1 Å². The molecule has 2 fully saturated rings. The molecule has 1 atom stereocenters. The molecule has 0 spiro atoms. The zero-order valence-electron chi connectivity index (χ0n) is 19.3. The Kier molecular flexibility index (Phi) is 7.33. The van der Waals surface area contributed by atoms with Crippen molar-refractivity contribution in [3.8, 4) is 11.5 Å². The van der Waals surface area contributed by atoms with Crippen molar-refractivity contribution < 1.29 is 23.4 Å². The molecule has 1 aromatic heterocycles. The van der Waals surface area contributed by atoms with Gasteiger partial charge in [0.05, 0.1) is 19.2 Å². The number of benzene rings is 1. The molecule has 33 heavy (non-hydrogen) atoms. The Morgan fingerprint density at radius 3 is 2.52 bits per heavy atom.